The van der Waals surface area contributed by atoms with Crippen LogP contribution in [0.5, 0.6) is 5.75 Å². The van der Waals surface area contributed by atoms with Gasteiger partial charge in [0.15, 0.2) is 6.61 Å². The van der Waals surface area contributed by atoms with E-state index in [1.54, 1.807) is 22.7 Å². The van der Waals surface area contributed by atoms with E-state index in [0.29, 0.717) is 18.0 Å². The summed E-state index contributed by atoms with van der Waals surface area (Å²) in [5.41, 5.74) is 2.65. The average molecular weight is 343 g/mol. The Balaban J connectivity index is 1.44. The molecule has 2 N–H and O–H groups in total. The third-order valence-corrected chi connectivity index (χ3v) is 5.30. The molecule has 4 rings (SSSR count). The third-order valence-electron chi connectivity index (χ3n) is 3.37. The van der Waals surface area contributed by atoms with E-state index in [2.05, 4.69) is 32.4 Å². The number of carbonyl (C=O) groups excluding carboxylic acids is 1. The van der Waals surface area contributed by atoms with Crippen molar-refractivity contribution in [1.29, 1.82) is 0 Å². The quantitative estimate of drug-likeness (QED) is 0.756. The van der Waals surface area contributed by atoms with Crippen molar-refractivity contribution in [3.05, 3.63) is 46.8 Å². The molecule has 0 saturated carbocycles. The number of carbonyl (C=O) groups is 1. The van der Waals surface area contributed by atoms with Crippen molar-refractivity contribution < 1.29 is 9.53 Å². The SMILES string of the molecule is O=C1COc2cc(NCc3csc(-c4cccs4)n3)ccc2N1. The molecule has 0 atom stereocenters. The summed E-state index contributed by atoms with van der Waals surface area (Å²) in [6.07, 6.45) is 0. The molecule has 0 fully saturated rings. The van der Waals surface area contributed by atoms with Gasteiger partial charge in [-0.3, -0.25) is 4.79 Å². The zero-order valence-electron chi connectivity index (χ0n) is 12.0. The summed E-state index contributed by atoms with van der Waals surface area (Å²) in [7, 11) is 0. The largest absolute Gasteiger partial charge is 0.482 e. The molecule has 1 aliphatic heterocycles. The molecule has 7 heteroatoms. The van der Waals surface area contributed by atoms with Gasteiger partial charge < -0.3 is 15.4 Å². The first-order valence-electron chi connectivity index (χ1n) is 7.07. The van der Waals surface area contributed by atoms with E-state index in [9.17, 15) is 4.79 Å². The molecule has 0 radical (unpaired) electrons. The molecule has 0 bridgehead atoms. The maximum absolute atomic E-state index is 11.3. The number of hydrogen-bond acceptors (Lipinski definition) is 6. The highest BCUT2D eigenvalue weighted by Gasteiger charge is 2.15. The van der Waals surface area contributed by atoms with Gasteiger partial charge in [0, 0.05) is 17.1 Å². The highest BCUT2D eigenvalue weighted by molar-refractivity contribution is 7.20. The Labute approximate surface area is 141 Å². The third kappa shape index (κ3) is 3.06. The van der Waals surface area contributed by atoms with Gasteiger partial charge in [0.2, 0.25) is 0 Å². The molecule has 0 saturated heterocycles. The maximum Gasteiger partial charge on any atom is 0.262 e. The number of nitrogens with one attached hydrogen (secondary N) is 2. The zero-order chi connectivity index (χ0) is 15.6. The molecule has 2 aromatic heterocycles. The van der Waals surface area contributed by atoms with Crippen molar-refractivity contribution in [3.63, 3.8) is 0 Å². The van der Waals surface area contributed by atoms with Crippen LogP contribution in [0.15, 0.2) is 41.1 Å². The van der Waals surface area contributed by atoms with Gasteiger partial charge in [0.1, 0.15) is 10.8 Å². The minimum Gasteiger partial charge on any atom is -0.482 e. The van der Waals surface area contributed by atoms with Crippen LogP contribution in [0.25, 0.3) is 9.88 Å². The first-order valence-corrected chi connectivity index (χ1v) is 8.83. The van der Waals surface area contributed by atoms with Crippen LogP contribution in [0.3, 0.4) is 0 Å². The number of aromatic nitrogens is 1. The minimum atomic E-state index is -0.123. The Kier molecular flexibility index (Phi) is 3.72. The van der Waals surface area contributed by atoms with Crippen LogP contribution in [0.4, 0.5) is 11.4 Å². The highest BCUT2D eigenvalue weighted by atomic mass is 32.1. The molecular weight excluding hydrogens is 330 g/mol. The Bertz CT molecular complexity index is 843. The first-order chi connectivity index (χ1) is 11.3. The lowest BCUT2D eigenvalue weighted by molar-refractivity contribution is -0.118. The molecular formula is C16H13N3O2S2. The predicted octanol–water partition coefficient (Wildman–Crippen LogP) is 3.81. The van der Waals surface area contributed by atoms with E-state index in [1.165, 1.54) is 4.88 Å². The van der Waals surface area contributed by atoms with Crippen molar-refractivity contribution in [3.8, 4) is 15.6 Å². The Morgan fingerprint density at radius 3 is 3.13 bits per heavy atom. The van der Waals surface area contributed by atoms with Crippen LogP contribution in [0.2, 0.25) is 0 Å². The van der Waals surface area contributed by atoms with Crippen LogP contribution in [0.1, 0.15) is 5.69 Å². The number of amides is 1. The molecule has 3 heterocycles. The molecule has 1 amide bonds. The van der Waals surface area contributed by atoms with Crippen molar-refractivity contribution in [2.75, 3.05) is 17.2 Å². The summed E-state index contributed by atoms with van der Waals surface area (Å²) >= 11 is 3.35. The monoisotopic (exact) mass is 343 g/mol. The molecule has 1 aromatic carbocycles. The lowest BCUT2D eigenvalue weighted by atomic mass is 10.2. The summed E-state index contributed by atoms with van der Waals surface area (Å²) in [5, 5.41) is 11.3. The minimum absolute atomic E-state index is 0.0622. The van der Waals surface area contributed by atoms with Crippen LogP contribution in [-0.4, -0.2) is 17.5 Å². The molecule has 3 aromatic rings. The van der Waals surface area contributed by atoms with Gasteiger partial charge in [0.05, 0.1) is 22.8 Å². The van der Waals surface area contributed by atoms with Crippen molar-refractivity contribution in [2.45, 2.75) is 6.54 Å². The van der Waals surface area contributed by atoms with E-state index in [-0.39, 0.29) is 12.5 Å². The predicted molar refractivity (Wildman–Crippen MR) is 93.3 cm³/mol. The molecule has 5 nitrogen and oxygen atoms in total. The van der Waals surface area contributed by atoms with Crippen molar-refractivity contribution in [2.24, 2.45) is 0 Å². The fraction of sp³-hybridized carbons (Fsp3) is 0.125. The van der Waals surface area contributed by atoms with Crippen LogP contribution in [0, 0.1) is 0 Å². The Morgan fingerprint density at radius 2 is 2.26 bits per heavy atom. The lowest BCUT2D eigenvalue weighted by Gasteiger charge is -2.18. The van der Waals surface area contributed by atoms with Gasteiger partial charge in [-0.25, -0.2) is 4.98 Å². The lowest BCUT2D eigenvalue weighted by Crippen LogP contribution is -2.25. The van der Waals surface area contributed by atoms with E-state index in [4.69, 9.17) is 4.74 Å². The summed E-state index contributed by atoms with van der Waals surface area (Å²) in [5.74, 6) is 0.564. The number of anilines is 2. The van der Waals surface area contributed by atoms with E-state index >= 15 is 0 Å². The van der Waals surface area contributed by atoms with E-state index in [0.717, 1.165) is 16.4 Å². The van der Waals surface area contributed by atoms with E-state index < -0.39 is 0 Å². The second kappa shape index (κ2) is 6.02. The summed E-state index contributed by atoms with van der Waals surface area (Å²) in [6, 6.07) is 9.76. The highest BCUT2D eigenvalue weighted by Crippen LogP contribution is 2.31. The number of hydrogen-bond donors (Lipinski definition) is 2. The molecule has 1 aliphatic rings. The smallest absolute Gasteiger partial charge is 0.262 e. The second-order valence-corrected chi connectivity index (χ2v) is 6.83. The molecule has 116 valence electrons. The van der Waals surface area contributed by atoms with Gasteiger partial charge in [-0.2, -0.15) is 0 Å². The van der Waals surface area contributed by atoms with Crippen molar-refractivity contribution >= 4 is 40.0 Å². The standard InChI is InChI=1S/C16H13N3O2S2/c20-15-8-21-13-6-10(3-4-12(13)19-15)17-7-11-9-23-16(18-11)14-2-1-5-22-14/h1-6,9,17H,7-8H2,(H,19,20). The number of nitrogens with zero attached hydrogens (tertiary/aromatic N) is 1. The number of thiophene rings is 1. The fourth-order valence-electron chi connectivity index (χ4n) is 2.28. The summed E-state index contributed by atoms with van der Waals surface area (Å²) in [4.78, 5) is 17.1. The number of ether oxygens (including phenoxy) is 1. The van der Waals surface area contributed by atoms with Gasteiger partial charge in [-0.05, 0) is 23.6 Å². The van der Waals surface area contributed by atoms with Gasteiger partial charge in [0.25, 0.3) is 5.91 Å². The maximum atomic E-state index is 11.3. The van der Waals surface area contributed by atoms with Crippen LogP contribution in [-0.2, 0) is 11.3 Å². The Morgan fingerprint density at radius 1 is 1.30 bits per heavy atom. The Hall–Kier alpha value is -2.38. The van der Waals surface area contributed by atoms with Crippen LogP contribution < -0.4 is 15.4 Å². The van der Waals surface area contributed by atoms with Crippen molar-refractivity contribution in [1.82, 2.24) is 4.98 Å². The first kappa shape index (κ1) is 14.2. The number of benzene rings is 1. The normalized spacial score (nSPS) is 13.1. The topological polar surface area (TPSA) is 63.2 Å². The van der Waals surface area contributed by atoms with Gasteiger partial charge in [-0.15, -0.1) is 22.7 Å². The molecule has 23 heavy (non-hydrogen) atoms. The fourth-order valence-corrected chi connectivity index (χ4v) is 3.91. The number of fused-ring (bicyclic) bond motifs is 1. The second-order valence-electron chi connectivity index (χ2n) is 5.02. The number of thiazole rings is 1. The van der Waals surface area contributed by atoms with Crippen LogP contribution >= 0.6 is 22.7 Å². The average Bonchev–Trinajstić information content (AvgIpc) is 3.24. The summed E-state index contributed by atoms with van der Waals surface area (Å²) in [6.45, 7) is 0.708. The molecule has 0 spiro atoms. The number of rotatable bonds is 4. The van der Waals surface area contributed by atoms with Gasteiger partial charge in [-0.1, -0.05) is 6.07 Å². The van der Waals surface area contributed by atoms with E-state index in [1.807, 2.05) is 24.3 Å². The molecule has 0 aliphatic carbocycles. The summed E-state index contributed by atoms with van der Waals surface area (Å²) < 4.78 is 5.42. The molecule has 0 unspecified atom stereocenters. The zero-order valence-corrected chi connectivity index (χ0v) is 13.7. The van der Waals surface area contributed by atoms with Gasteiger partial charge >= 0.3 is 0 Å².